The van der Waals surface area contributed by atoms with Crippen LogP contribution in [0.5, 0.6) is 17.2 Å². The molecule has 0 saturated carbocycles. The van der Waals surface area contributed by atoms with Gasteiger partial charge in [-0.25, -0.2) is 0 Å². The lowest BCUT2D eigenvalue weighted by molar-refractivity contribution is 0.229. The van der Waals surface area contributed by atoms with Gasteiger partial charge in [-0.3, -0.25) is 0 Å². The minimum atomic E-state index is 0.245. The lowest BCUT2D eigenvalue weighted by Gasteiger charge is -2.15. The lowest BCUT2D eigenvalue weighted by atomic mass is 10.1. The average Bonchev–Trinajstić information content (AvgIpc) is 2.54. The van der Waals surface area contributed by atoms with Crippen LogP contribution in [-0.4, -0.2) is 40.4 Å². The molecule has 0 N–H and O–H groups in total. The molecule has 120 valence electrons. The molecule has 0 atom stereocenters. The summed E-state index contributed by atoms with van der Waals surface area (Å²) in [4.78, 5) is 0. The number of nitrogens with zero attached hydrogens (tertiary/aromatic N) is 1. The van der Waals surface area contributed by atoms with E-state index < -0.39 is 0 Å². The summed E-state index contributed by atoms with van der Waals surface area (Å²) in [6.45, 7) is 0.716. The van der Waals surface area contributed by atoms with Gasteiger partial charge in [0.1, 0.15) is 0 Å². The summed E-state index contributed by atoms with van der Waals surface area (Å²) in [5.41, 5.74) is 1.27. The Morgan fingerprint density at radius 2 is 1.86 bits per heavy atom. The Morgan fingerprint density at radius 1 is 1.23 bits per heavy atom. The highest BCUT2D eigenvalue weighted by molar-refractivity contribution is 6.17. The van der Waals surface area contributed by atoms with Crippen molar-refractivity contribution in [3.63, 3.8) is 0 Å². The molecule has 0 unspecified atom stereocenters. The molecular weight excluding hydrogens is 306 g/mol. The smallest absolute Gasteiger partial charge is 0.203 e. The van der Waals surface area contributed by atoms with Crippen molar-refractivity contribution in [2.24, 2.45) is 0 Å². The molecule has 0 heterocycles. The van der Waals surface area contributed by atoms with Crippen LogP contribution in [0.1, 0.15) is 12.0 Å². The highest BCUT2D eigenvalue weighted by atomic mass is 35.5. The maximum absolute atomic E-state index is 9.07. The van der Waals surface area contributed by atoms with Gasteiger partial charge in [0, 0.05) is 13.0 Å². The van der Waals surface area contributed by atoms with E-state index in [0.29, 0.717) is 35.3 Å². The summed E-state index contributed by atoms with van der Waals surface area (Å²) in [6, 6.07) is 5.66. The fraction of sp³-hybridized carbons (Fsp3) is 0.438. The van der Waals surface area contributed by atoms with Gasteiger partial charge in [-0.05, 0) is 30.2 Å². The average molecular weight is 326 g/mol. The van der Waals surface area contributed by atoms with Crippen LogP contribution < -0.4 is 14.2 Å². The molecule has 0 fully saturated rings. The molecule has 0 aromatic heterocycles. The Hall–Kier alpha value is -1.90. The molecule has 0 spiro atoms. The van der Waals surface area contributed by atoms with E-state index in [0.717, 1.165) is 12.0 Å². The van der Waals surface area contributed by atoms with E-state index in [9.17, 15) is 0 Å². The molecule has 5 nitrogen and oxygen atoms in total. The molecule has 6 heteroatoms. The third-order valence-electron chi connectivity index (χ3n) is 2.79. The number of benzene rings is 1. The standard InChI is InChI=1S/C16H20ClNO4/c1-19-11-13(10-18)7-12-8-14(20-2)16(15(9-12)21-3)22-6-4-5-17/h7-9H,4-6,11H2,1-3H3. The molecule has 0 saturated heterocycles. The lowest BCUT2D eigenvalue weighted by Crippen LogP contribution is -2.02. The molecule has 0 aliphatic heterocycles. The number of rotatable bonds is 9. The second-order valence-corrected chi connectivity index (χ2v) is 4.74. The Kier molecular flexibility index (Phi) is 8.19. The summed E-state index contributed by atoms with van der Waals surface area (Å²) in [6.07, 6.45) is 2.44. The number of ether oxygens (including phenoxy) is 4. The van der Waals surface area contributed by atoms with Crippen molar-refractivity contribution in [2.45, 2.75) is 6.42 Å². The van der Waals surface area contributed by atoms with E-state index in [-0.39, 0.29) is 6.61 Å². The summed E-state index contributed by atoms with van der Waals surface area (Å²) in [7, 11) is 4.65. The van der Waals surface area contributed by atoms with E-state index >= 15 is 0 Å². The fourth-order valence-corrected chi connectivity index (χ4v) is 1.93. The summed E-state index contributed by atoms with van der Waals surface area (Å²) in [5, 5.41) is 9.07. The molecule has 0 aliphatic carbocycles. The maximum Gasteiger partial charge on any atom is 0.203 e. The minimum Gasteiger partial charge on any atom is -0.493 e. The van der Waals surface area contributed by atoms with Crippen molar-refractivity contribution in [3.05, 3.63) is 23.3 Å². The van der Waals surface area contributed by atoms with Crippen LogP contribution in [-0.2, 0) is 4.74 Å². The third-order valence-corrected chi connectivity index (χ3v) is 3.06. The number of alkyl halides is 1. The van der Waals surface area contributed by atoms with Crippen molar-refractivity contribution in [1.82, 2.24) is 0 Å². The number of halogens is 1. The van der Waals surface area contributed by atoms with Crippen LogP contribution in [0.4, 0.5) is 0 Å². The zero-order valence-corrected chi connectivity index (χ0v) is 13.8. The quantitative estimate of drug-likeness (QED) is 0.396. The predicted octanol–water partition coefficient (Wildman–Crippen LogP) is 3.26. The van der Waals surface area contributed by atoms with Gasteiger partial charge in [-0.15, -0.1) is 11.6 Å². The second-order valence-electron chi connectivity index (χ2n) is 4.36. The summed E-state index contributed by atoms with van der Waals surface area (Å²) in [5.74, 6) is 2.12. The topological polar surface area (TPSA) is 60.7 Å². The van der Waals surface area contributed by atoms with Gasteiger partial charge in [0.15, 0.2) is 11.5 Å². The van der Waals surface area contributed by atoms with Gasteiger partial charge in [0.25, 0.3) is 0 Å². The first-order valence-electron chi connectivity index (χ1n) is 6.74. The van der Waals surface area contributed by atoms with E-state index in [1.54, 1.807) is 39.5 Å². The Bertz CT molecular complexity index is 527. The molecule has 0 bridgehead atoms. The third kappa shape index (κ3) is 5.14. The van der Waals surface area contributed by atoms with E-state index in [1.165, 1.54) is 0 Å². The van der Waals surface area contributed by atoms with Crippen molar-refractivity contribution in [2.75, 3.05) is 40.4 Å². The van der Waals surface area contributed by atoms with Crippen LogP contribution in [0.25, 0.3) is 6.08 Å². The fourth-order valence-electron chi connectivity index (χ4n) is 1.82. The van der Waals surface area contributed by atoms with Crippen LogP contribution >= 0.6 is 11.6 Å². The van der Waals surface area contributed by atoms with E-state index in [4.69, 9.17) is 35.8 Å². The van der Waals surface area contributed by atoms with Crippen LogP contribution in [0.15, 0.2) is 17.7 Å². The summed E-state index contributed by atoms with van der Waals surface area (Å²) >= 11 is 5.65. The number of hydrogen-bond acceptors (Lipinski definition) is 5. The predicted molar refractivity (Wildman–Crippen MR) is 85.8 cm³/mol. The monoisotopic (exact) mass is 325 g/mol. The van der Waals surface area contributed by atoms with Gasteiger partial charge in [-0.1, -0.05) is 0 Å². The van der Waals surface area contributed by atoms with Gasteiger partial charge >= 0.3 is 0 Å². The Balaban J connectivity index is 3.16. The van der Waals surface area contributed by atoms with Crippen molar-refractivity contribution in [1.29, 1.82) is 5.26 Å². The zero-order chi connectivity index (χ0) is 16.4. The van der Waals surface area contributed by atoms with Gasteiger partial charge in [0.2, 0.25) is 5.75 Å². The van der Waals surface area contributed by atoms with Crippen molar-refractivity contribution >= 4 is 17.7 Å². The van der Waals surface area contributed by atoms with Crippen molar-refractivity contribution in [3.8, 4) is 23.3 Å². The molecule has 1 aromatic carbocycles. The molecule has 0 amide bonds. The highest BCUT2D eigenvalue weighted by Gasteiger charge is 2.14. The first-order valence-corrected chi connectivity index (χ1v) is 7.28. The maximum atomic E-state index is 9.07. The molecule has 0 aliphatic rings. The Labute approximate surface area is 136 Å². The normalized spacial score (nSPS) is 11.0. The van der Waals surface area contributed by atoms with Crippen LogP contribution in [0.3, 0.4) is 0 Å². The van der Waals surface area contributed by atoms with Crippen LogP contribution in [0, 0.1) is 11.3 Å². The molecule has 0 radical (unpaired) electrons. The molecule has 22 heavy (non-hydrogen) atoms. The minimum absolute atomic E-state index is 0.245. The zero-order valence-electron chi connectivity index (χ0n) is 13.0. The van der Waals surface area contributed by atoms with Crippen molar-refractivity contribution < 1.29 is 18.9 Å². The number of methoxy groups -OCH3 is 3. The molecular formula is C16H20ClNO4. The second kappa shape index (κ2) is 9.93. The van der Waals surface area contributed by atoms with Crippen LogP contribution in [0.2, 0.25) is 0 Å². The number of nitriles is 1. The van der Waals surface area contributed by atoms with Gasteiger partial charge in [-0.2, -0.15) is 5.26 Å². The van der Waals surface area contributed by atoms with Gasteiger partial charge < -0.3 is 18.9 Å². The highest BCUT2D eigenvalue weighted by Crippen LogP contribution is 2.39. The summed E-state index contributed by atoms with van der Waals surface area (Å²) < 4.78 is 21.4. The first-order chi connectivity index (χ1) is 10.7. The SMILES string of the molecule is COCC(C#N)=Cc1cc(OC)c(OCCCCl)c(OC)c1. The largest absolute Gasteiger partial charge is 0.493 e. The van der Waals surface area contributed by atoms with Gasteiger partial charge in [0.05, 0.1) is 39.1 Å². The Morgan fingerprint density at radius 3 is 2.32 bits per heavy atom. The molecule has 1 rings (SSSR count). The number of hydrogen-bond donors (Lipinski definition) is 0. The van der Waals surface area contributed by atoms with E-state index in [1.807, 2.05) is 0 Å². The first kappa shape index (κ1) is 18.1. The molecule has 1 aromatic rings. The van der Waals surface area contributed by atoms with E-state index in [2.05, 4.69) is 6.07 Å².